The summed E-state index contributed by atoms with van der Waals surface area (Å²) < 4.78 is 5.70. The highest BCUT2D eigenvalue weighted by Crippen LogP contribution is 2.24. The van der Waals surface area contributed by atoms with Gasteiger partial charge in [-0.2, -0.15) is 0 Å². The van der Waals surface area contributed by atoms with E-state index in [0.29, 0.717) is 32.7 Å². The molecule has 2 amide bonds. The lowest BCUT2D eigenvalue weighted by molar-refractivity contribution is -0.129. The van der Waals surface area contributed by atoms with Crippen molar-refractivity contribution in [1.29, 1.82) is 0 Å². The van der Waals surface area contributed by atoms with Gasteiger partial charge in [-0.25, -0.2) is 0 Å². The predicted molar refractivity (Wildman–Crippen MR) is 71.1 cm³/mol. The van der Waals surface area contributed by atoms with Crippen LogP contribution < -0.4 is 5.32 Å². The van der Waals surface area contributed by atoms with Crippen LogP contribution in [0.1, 0.15) is 16.1 Å². The molecule has 2 aliphatic heterocycles. The molecule has 0 aromatic carbocycles. The summed E-state index contributed by atoms with van der Waals surface area (Å²) in [5.74, 6) is -0.0117. The SMILES string of the molecule is O=C1NCCO[C@H]2CN(C(=O)c3cccs3)CC[C@@H]12. The minimum absolute atomic E-state index is 0.0432. The predicted octanol–water partition coefficient (Wildman–Crippen LogP) is 0.725. The van der Waals surface area contributed by atoms with Crippen molar-refractivity contribution < 1.29 is 14.3 Å². The van der Waals surface area contributed by atoms with Gasteiger partial charge in [-0.15, -0.1) is 11.3 Å². The maximum Gasteiger partial charge on any atom is 0.264 e. The second-order valence-corrected chi connectivity index (χ2v) is 5.77. The molecular weight excluding hydrogens is 264 g/mol. The topological polar surface area (TPSA) is 58.6 Å². The normalized spacial score (nSPS) is 27.4. The first-order valence-electron chi connectivity index (χ1n) is 6.48. The Bertz CT molecular complexity index is 474. The third-order valence-corrected chi connectivity index (χ3v) is 4.51. The first-order valence-corrected chi connectivity index (χ1v) is 7.36. The van der Waals surface area contributed by atoms with Crippen molar-refractivity contribution in [3.05, 3.63) is 22.4 Å². The minimum Gasteiger partial charge on any atom is -0.374 e. The van der Waals surface area contributed by atoms with E-state index < -0.39 is 0 Å². The molecule has 0 unspecified atom stereocenters. The fraction of sp³-hybridized carbons (Fsp3) is 0.538. The molecular formula is C13H16N2O3S. The van der Waals surface area contributed by atoms with Gasteiger partial charge in [-0.3, -0.25) is 9.59 Å². The maximum atomic E-state index is 12.3. The van der Waals surface area contributed by atoms with Crippen LogP contribution in [0.5, 0.6) is 0 Å². The maximum absolute atomic E-state index is 12.3. The van der Waals surface area contributed by atoms with E-state index in [-0.39, 0.29) is 23.8 Å². The van der Waals surface area contributed by atoms with E-state index in [4.69, 9.17) is 4.74 Å². The summed E-state index contributed by atoms with van der Waals surface area (Å²) in [5, 5.41) is 4.75. The Balaban J connectivity index is 1.71. The van der Waals surface area contributed by atoms with E-state index in [1.807, 2.05) is 17.5 Å². The molecule has 0 spiro atoms. The summed E-state index contributed by atoms with van der Waals surface area (Å²) >= 11 is 1.45. The fourth-order valence-corrected chi connectivity index (χ4v) is 3.33. The van der Waals surface area contributed by atoms with Gasteiger partial charge < -0.3 is 15.0 Å². The quantitative estimate of drug-likeness (QED) is 0.825. The Morgan fingerprint density at radius 3 is 3.21 bits per heavy atom. The average molecular weight is 280 g/mol. The number of amides is 2. The van der Waals surface area contributed by atoms with Gasteiger partial charge in [0.2, 0.25) is 5.91 Å². The Kier molecular flexibility index (Phi) is 3.52. The highest BCUT2D eigenvalue weighted by molar-refractivity contribution is 7.12. The Labute approximate surface area is 115 Å². The monoisotopic (exact) mass is 280 g/mol. The number of thiophene rings is 1. The van der Waals surface area contributed by atoms with Crippen molar-refractivity contribution >= 4 is 23.2 Å². The molecule has 3 heterocycles. The number of nitrogens with one attached hydrogen (secondary N) is 1. The molecule has 1 aromatic rings. The van der Waals surface area contributed by atoms with Gasteiger partial charge >= 0.3 is 0 Å². The van der Waals surface area contributed by atoms with Crippen molar-refractivity contribution in [2.75, 3.05) is 26.2 Å². The first-order chi connectivity index (χ1) is 9.25. The number of likely N-dealkylation sites (tertiary alicyclic amines) is 1. The summed E-state index contributed by atoms with van der Waals surface area (Å²) in [6.45, 7) is 2.21. The van der Waals surface area contributed by atoms with Gasteiger partial charge in [-0.05, 0) is 17.9 Å². The second-order valence-electron chi connectivity index (χ2n) is 4.82. The van der Waals surface area contributed by atoms with Crippen LogP contribution >= 0.6 is 11.3 Å². The number of hydrogen-bond donors (Lipinski definition) is 1. The molecule has 2 aliphatic rings. The molecule has 19 heavy (non-hydrogen) atoms. The molecule has 1 aromatic heterocycles. The smallest absolute Gasteiger partial charge is 0.264 e. The molecule has 3 rings (SSSR count). The van der Waals surface area contributed by atoms with Gasteiger partial charge in [-0.1, -0.05) is 6.07 Å². The lowest BCUT2D eigenvalue weighted by Crippen LogP contribution is -2.50. The zero-order chi connectivity index (χ0) is 13.2. The number of hydrogen-bond acceptors (Lipinski definition) is 4. The number of carbonyl (C=O) groups excluding carboxylic acids is 2. The number of nitrogens with zero attached hydrogens (tertiary/aromatic N) is 1. The molecule has 2 saturated heterocycles. The van der Waals surface area contributed by atoms with E-state index >= 15 is 0 Å². The number of carbonyl (C=O) groups is 2. The zero-order valence-electron chi connectivity index (χ0n) is 10.5. The molecule has 0 radical (unpaired) electrons. The standard InChI is InChI=1S/C13H16N2O3S/c16-12-9-3-5-15(8-10(9)18-6-4-14-12)13(17)11-2-1-7-19-11/h1-2,7,9-10H,3-6,8H2,(H,14,16)/t9-,10+/m1/s1. The minimum atomic E-state index is -0.167. The van der Waals surface area contributed by atoms with Crippen molar-refractivity contribution in [1.82, 2.24) is 10.2 Å². The van der Waals surface area contributed by atoms with Crippen molar-refractivity contribution in [3.63, 3.8) is 0 Å². The van der Waals surface area contributed by atoms with E-state index in [0.717, 1.165) is 4.88 Å². The van der Waals surface area contributed by atoms with Crippen LogP contribution in [0.4, 0.5) is 0 Å². The molecule has 2 fully saturated rings. The van der Waals surface area contributed by atoms with Gasteiger partial charge in [0.15, 0.2) is 0 Å². The van der Waals surface area contributed by atoms with E-state index in [9.17, 15) is 9.59 Å². The molecule has 0 bridgehead atoms. The van der Waals surface area contributed by atoms with Crippen LogP contribution in [0.15, 0.2) is 17.5 Å². The molecule has 5 nitrogen and oxygen atoms in total. The third-order valence-electron chi connectivity index (χ3n) is 3.65. The van der Waals surface area contributed by atoms with E-state index in [1.165, 1.54) is 11.3 Å². The molecule has 1 N–H and O–H groups in total. The van der Waals surface area contributed by atoms with Crippen molar-refractivity contribution in [3.8, 4) is 0 Å². The lowest BCUT2D eigenvalue weighted by Gasteiger charge is -2.36. The Hall–Kier alpha value is -1.40. The summed E-state index contributed by atoms with van der Waals surface area (Å²) in [6, 6.07) is 3.71. The summed E-state index contributed by atoms with van der Waals surface area (Å²) in [5.41, 5.74) is 0. The van der Waals surface area contributed by atoms with Crippen LogP contribution in [0.3, 0.4) is 0 Å². The van der Waals surface area contributed by atoms with Gasteiger partial charge in [0.05, 0.1) is 23.5 Å². The number of piperidine rings is 1. The zero-order valence-corrected chi connectivity index (χ0v) is 11.3. The Morgan fingerprint density at radius 1 is 1.53 bits per heavy atom. The number of rotatable bonds is 1. The van der Waals surface area contributed by atoms with Crippen LogP contribution in [0.2, 0.25) is 0 Å². The van der Waals surface area contributed by atoms with E-state index in [1.54, 1.807) is 4.90 Å². The first kappa shape index (κ1) is 12.6. The molecule has 102 valence electrons. The average Bonchev–Trinajstić information content (AvgIpc) is 2.90. The molecule has 6 heteroatoms. The van der Waals surface area contributed by atoms with Gasteiger partial charge in [0, 0.05) is 19.6 Å². The van der Waals surface area contributed by atoms with Crippen molar-refractivity contribution in [2.24, 2.45) is 5.92 Å². The number of ether oxygens (including phenoxy) is 1. The van der Waals surface area contributed by atoms with Crippen LogP contribution in [0, 0.1) is 5.92 Å². The highest BCUT2D eigenvalue weighted by atomic mass is 32.1. The van der Waals surface area contributed by atoms with Crippen LogP contribution in [-0.4, -0.2) is 49.1 Å². The van der Waals surface area contributed by atoms with Crippen LogP contribution in [0.25, 0.3) is 0 Å². The van der Waals surface area contributed by atoms with E-state index in [2.05, 4.69) is 5.32 Å². The summed E-state index contributed by atoms with van der Waals surface area (Å²) in [7, 11) is 0. The van der Waals surface area contributed by atoms with Crippen LogP contribution in [-0.2, 0) is 9.53 Å². The second kappa shape index (κ2) is 5.30. The Morgan fingerprint density at radius 2 is 2.42 bits per heavy atom. The van der Waals surface area contributed by atoms with Gasteiger partial charge in [0.25, 0.3) is 5.91 Å². The molecule has 0 saturated carbocycles. The summed E-state index contributed by atoms with van der Waals surface area (Å²) in [4.78, 5) is 26.7. The lowest BCUT2D eigenvalue weighted by atomic mass is 9.93. The largest absolute Gasteiger partial charge is 0.374 e. The molecule has 0 aliphatic carbocycles. The number of fused-ring (bicyclic) bond motifs is 1. The summed E-state index contributed by atoms with van der Waals surface area (Å²) in [6.07, 6.45) is 0.508. The highest BCUT2D eigenvalue weighted by Gasteiger charge is 2.37. The fourth-order valence-electron chi connectivity index (χ4n) is 2.64. The van der Waals surface area contributed by atoms with Gasteiger partial charge in [0.1, 0.15) is 0 Å². The third kappa shape index (κ3) is 2.50. The molecule has 2 atom stereocenters. The van der Waals surface area contributed by atoms with Crippen molar-refractivity contribution in [2.45, 2.75) is 12.5 Å².